The third-order valence-electron chi connectivity index (χ3n) is 1.60. The molecule has 1 aromatic rings. The number of ether oxygens (including phenoxy) is 2. The second kappa shape index (κ2) is 4.91. The molecule has 0 N–H and O–H groups in total. The predicted octanol–water partition coefficient (Wildman–Crippen LogP) is 3.30. The second-order valence-corrected chi connectivity index (χ2v) is 3.48. The molecule has 0 unspecified atom stereocenters. The van der Waals surface area contributed by atoms with Crippen molar-refractivity contribution in [2.45, 2.75) is 6.92 Å². The lowest BCUT2D eigenvalue weighted by Gasteiger charge is -2.10. The molecule has 0 aliphatic carbocycles. The van der Waals surface area contributed by atoms with E-state index in [4.69, 9.17) is 21.1 Å². The van der Waals surface area contributed by atoms with Crippen molar-refractivity contribution in [2.75, 3.05) is 13.7 Å². The van der Waals surface area contributed by atoms with Crippen molar-refractivity contribution < 1.29 is 9.47 Å². The van der Waals surface area contributed by atoms with E-state index in [1.54, 1.807) is 25.3 Å². The predicted molar refractivity (Wildman–Crippen MR) is 58.3 cm³/mol. The van der Waals surface area contributed by atoms with Gasteiger partial charge >= 0.3 is 0 Å². The van der Waals surface area contributed by atoms with Crippen LogP contribution in [-0.4, -0.2) is 13.7 Å². The van der Waals surface area contributed by atoms with Gasteiger partial charge in [-0.3, -0.25) is 0 Å². The number of hydrogen-bond acceptors (Lipinski definition) is 2. The topological polar surface area (TPSA) is 18.5 Å². The number of hydrogen-bond donors (Lipinski definition) is 0. The largest absolute Gasteiger partial charge is 0.493 e. The number of rotatable bonds is 4. The minimum absolute atomic E-state index is 0.484. The molecule has 3 heteroatoms. The Labute approximate surface area is 89.1 Å². The molecule has 0 fully saturated rings. The van der Waals surface area contributed by atoms with Gasteiger partial charge in [0.2, 0.25) is 0 Å². The Morgan fingerprint density at radius 2 is 2.14 bits per heavy atom. The summed E-state index contributed by atoms with van der Waals surface area (Å²) < 4.78 is 10.6. The first kappa shape index (κ1) is 10.9. The molecular weight excluding hydrogens is 200 g/mol. The van der Waals surface area contributed by atoms with Crippen LogP contribution in [0.3, 0.4) is 0 Å². The second-order valence-electron chi connectivity index (χ2n) is 3.04. The summed E-state index contributed by atoms with van der Waals surface area (Å²) in [6.07, 6.45) is 0. The molecule has 0 radical (unpaired) electrons. The summed E-state index contributed by atoms with van der Waals surface area (Å²) in [4.78, 5) is 0. The van der Waals surface area contributed by atoms with Gasteiger partial charge in [-0.05, 0) is 24.6 Å². The third kappa shape index (κ3) is 2.96. The summed E-state index contributed by atoms with van der Waals surface area (Å²) in [5, 5.41) is 0.629. The van der Waals surface area contributed by atoms with E-state index in [0.29, 0.717) is 23.1 Å². The first-order valence-corrected chi connectivity index (χ1v) is 4.62. The van der Waals surface area contributed by atoms with Crippen LogP contribution in [0.5, 0.6) is 11.5 Å². The maximum absolute atomic E-state index is 5.81. The van der Waals surface area contributed by atoms with Gasteiger partial charge in [0.15, 0.2) is 11.5 Å². The van der Waals surface area contributed by atoms with Crippen molar-refractivity contribution in [1.82, 2.24) is 0 Å². The highest BCUT2D eigenvalue weighted by molar-refractivity contribution is 6.30. The van der Waals surface area contributed by atoms with Gasteiger partial charge in [-0.2, -0.15) is 0 Å². The Balaban J connectivity index is 2.80. The average Bonchev–Trinajstić information content (AvgIpc) is 2.15. The summed E-state index contributed by atoms with van der Waals surface area (Å²) >= 11 is 5.81. The molecule has 0 amide bonds. The van der Waals surface area contributed by atoms with E-state index in [9.17, 15) is 0 Å². The lowest BCUT2D eigenvalue weighted by molar-refractivity contribution is 0.320. The number of methoxy groups -OCH3 is 1. The first-order valence-electron chi connectivity index (χ1n) is 4.24. The van der Waals surface area contributed by atoms with Crippen LogP contribution >= 0.6 is 11.6 Å². The zero-order valence-electron chi connectivity index (χ0n) is 8.34. The van der Waals surface area contributed by atoms with Gasteiger partial charge in [0.05, 0.1) is 7.11 Å². The van der Waals surface area contributed by atoms with E-state index in [1.807, 2.05) is 6.92 Å². The fourth-order valence-corrected chi connectivity index (χ4v) is 1.12. The molecule has 0 saturated carbocycles. The van der Waals surface area contributed by atoms with Crippen molar-refractivity contribution in [1.29, 1.82) is 0 Å². The van der Waals surface area contributed by atoms with Gasteiger partial charge in [-0.25, -0.2) is 0 Å². The fourth-order valence-electron chi connectivity index (χ4n) is 0.962. The van der Waals surface area contributed by atoms with Crippen LogP contribution in [0.15, 0.2) is 30.4 Å². The summed E-state index contributed by atoms with van der Waals surface area (Å²) in [5.74, 6) is 1.32. The van der Waals surface area contributed by atoms with Gasteiger partial charge in [0, 0.05) is 11.1 Å². The van der Waals surface area contributed by atoms with Crippen molar-refractivity contribution in [3.63, 3.8) is 0 Å². The molecule has 0 aliphatic heterocycles. The zero-order valence-corrected chi connectivity index (χ0v) is 9.10. The quantitative estimate of drug-likeness (QED) is 0.713. The van der Waals surface area contributed by atoms with Crippen LogP contribution in [-0.2, 0) is 0 Å². The van der Waals surface area contributed by atoms with Gasteiger partial charge in [-0.1, -0.05) is 18.2 Å². The molecule has 0 bridgehead atoms. The number of halogens is 1. The Hall–Kier alpha value is -1.15. The van der Waals surface area contributed by atoms with Gasteiger partial charge in [0.25, 0.3) is 0 Å². The Bertz CT molecular complexity index is 334. The van der Waals surface area contributed by atoms with Gasteiger partial charge in [0.1, 0.15) is 6.61 Å². The smallest absolute Gasteiger partial charge is 0.162 e. The van der Waals surface area contributed by atoms with Crippen LogP contribution in [0, 0.1) is 0 Å². The van der Waals surface area contributed by atoms with E-state index >= 15 is 0 Å². The monoisotopic (exact) mass is 212 g/mol. The van der Waals surface area contributed by atoms with Crippen LogP contribution in [0.1, 0.15) is 6.92 Å². The maximum Gasteiger partial charge on any atom is 0.162 e. The van der Waals surface area contributed by atoms with E-state index in [-0.39, 0.29) is 0 Å². The molecule has 76 valence electrons. The van der Waals surface area contributed by atoms with Gasteiger partial charge < -0.3 is 9.47 Å². The Morgan fingerprint density at radius 1 is 1.43 bits per heavy atom. The summed E-state index contributed by atoms with van der Waals surface area (Å²) in [6, 6.07) is 5.26. The fraction of sp³-hybridized carbons (Fsp3) is 0.273. The SMILES string of the molecule is C=C(C)COc1ccc(Cl)cc1OC. The average molecular weight is 213 g/mol. The first-order chi connectivity index (χ1) is 6.63. The molecule has 14 heavy (non-hydrogen) atoms. The molecule has 0 aromatic heterocycles. The summed E-state index contributed by atoms with van der Waals surface area (Å²) in [6.45, 7) is 6.14. The number of benzene rings is 1. The minimum Gasteiger partial charge on any atom is -0.493 e. The van der Waals surface area contributed by atoms with Crippen LogP contribution in [0.2, 0.25) is 5.02 Å². The van der Waals surface area contributed by atoms with Crippen LogP contribution in [0.25, 0.3) is 0 Å². The molecular formula is C11H13ClO2. The normalized spacial score (nSPS) is 9.64. The summed E-state index contributed by atoms with van der Waals surface area (Å²) in [7, 11) is 1.58. The van der Waals surface area contributed by atoms with Crippen LogP contribution in [0.4, 0.5) is 0 Å². The standard InChI is InChI=1S/C11H13ClO2/c1-8(2)7-14-10-5-4-9(12)6-11(10)13-3/h4-6H,1,7H2,2-3H3. The molecule has 0 aliphatic rings. The van der Waals surface area contributed by atoms with E-state index in [1.165, 1.54) is 0 Å². The molecule has 1 rings (SSSR count). The highest BCUT2D eigenvalue weighted by atomic mass is 35.5. The lowest BCUT2D eigenvalue weighted by Crippen LogP contribution is -1.99. The van der Waals surface area contributed by atoms with Crippen molar-refractivity contribution in [2.24, 2.45) is 0 Å². The molecule has 1 aromatic carbocycles. The van der Waals surface area contributed by atoms with E-state index in [0.717, 1.165) is 5.57 Å². The van der Waals surface area contributed by atoms with Crippen LogP contribution < -0.4 is 9.47 Å². The molecule has 0 heterocycles. The van der Waals surface area contributed by atoms with Crippen molar-refractivity contribution in [3.05, 3.63) is 35.4 Å². The zero-order chi connectivity index (χ0) is 10.6. The highest BCUT2D eigenvalue weighted by Gasteiger charge is 2.04. The Morgan fingerprint density at radius 3 is 2.71 bits per heavy atom. The van der Waals surface area contributed by atoms with Crippen molar-refractivity contribution >= 4 is 11.6 Å². The van der Waals surface area contributed by atoms with E-state index in [2.05, 4.69) is 6.58 Å². The third-order valence-corrected chi connectivity index (χ3v) is 1.83. The molecule has 0 atom stereocenters. The van der Waals surface area contributed by atoms with Gasteiger partial charge in [-0.15, -0.1) is 0 Å². The lowest BCUT2D eigenvalue weighted by atomic mass is 10.3. The minimum atomic E-state index is 0.484. The maximum atomic E-state index is 5.81. The molecule has 0 saturated heterocycles. The van der Waals surface area contributed by atoms with E-state index < -0.39 is 0 Å². The molecule has 2 nitrogen and oxygen atoms in total. The summed E-state index contributed by atoms with van der Waals surface area (Å²) in [5.41, 5.74) is 0.960. The highest BCUT2D eigenvalue weighted by Crippen LogP contribution is 2.30. The molecule has 0 spiro atoms. The van der Waals surface area contributed by atoms with Crippen molar-refractivity contribution in [3.8, 4) is 11.5 Å². The Kier molecular flexibility index (Phi) is 3.84.